The van der Waals surface area contributed by atoms with Crippen LogP contribution in [0, 0.1) is 0 Å². The molecule has 0 bridgehead atoms. The first-order valence-electron chi connectivity index (χ1n) is 3.89. The van der Waals surface area contributed by atoms with Crippen molar-refractivity contribution in [1.82, 2.24) is 20.1 Å². The molecule has 0 aromatic carbocycles. The van der Waals surface area contributed by atoms with E-state index in [1.54, 1.807) is 10.9 Å². The third kappa shape index (κ3) is 3.14. The highest BCUT2D eigenvalue weighted by molar-refractivity contribution is 9.09. The third-order valence-corrected chi connectivity index (χ3v) is 1.97. The topological polar surface area (TPSA) is 59.8 Å². The lowest BCUT2D eigenvalue weighted by Crippen LogP contribution is -2.24. The van der Waals surface area contributed by atoms with Crippen LogP contribution in [0.25, 0.3) is 0 Å². The normalized spacial score (nSPS) is 10.0. The molecule has 5 nitrogen and oxygen atoms in total. The van der Waals surface area contributed by atoms with Crippen LogP contribution in [-0.2, 0) is 18.4 Å². The second kappa shape index (κ2) is 4.96. The maximum atomic E-state index is 11.1. The predicted molar refractivity (Wildman–Crippen MR) is 51.3 cm³/mol. The number of nitrogens with one attached hydrogen (secondary N) is 1. The molecule has 0 atom stereocenters. The van der Waals surface area contributed by atoms with Gasteiger partial charge in [-0.05, 0) is 0 Å². The summed E-state index contributed by atoms with van der Waals surface area (Å²) in [6.45, 7) is 0.433. The lowest BCUT2D eigenvalue weighted by atomic mass is 10.4. The van der Waals surface area contributed by atoms with E-state index in [2.05, 4.69) is 31.4 Å². The van der Waals surface area contributed by atoms with Gasteiger partial charge in [-0.3, -0.25) is 4.79 Å². The smallest absolute Gasteiger partial charge is 0.221 e. The fourth-order valence-electron chi connectivity index (χ4n) is 0.819. The van der Waals surface area contributed by atoms with Crippen LogP contribution in [0.1, 0.15) is 12.2 Å². The number of halogens is 1. The van der Waals surface area contributed by atoms with Gasteiger partial charge >= 0.3 is 0 Å². The Labute approximate surface area is 84.7 Å². The van der Waals surface area contributed by atoms with E-state index >= 15 is 0 Å². The fraction of sp³-hybridized carbons (Fsp3) is 0.571. The zero-order chi connectivity index (χ0) is 9.68. The fourth-order valence-corrected chi connectivity index (χ4v) is 1.18. The Morgan fingerprint density at radius 1 is 1.77 bits per heavy atom. The summed E-state index contributed by atoms with van der Waals surface area (Å²) in [4.78, 5) is 11.1. The van der Waals surface area contributed by atoms with Crippen LogP contribution in [0.4, 0.5) is 0 Å². The van der Waals surface area contributed by atoms with Gasteiger partial charge in [-0.25, -0.2) is 0 Å². The molecule has 0 fully saturated rings. The molecule has 0 radical (unpaired) electrons. The minimum Gasteiger partial charge on any atom is -0.349 e. The molecule has 1 rings (SSSR count). The van der Waals surface area contributed by atoms with E-state index in [1.807, 2.05) is 7.05 Å². The number of aryl methyl sites for hydroxylation is 1. The summed E-state index contributed by atoms with van der Waals surface area (Å²) >= 11 is 3.19. The molecular weight excluding hydrogens is 236 g/mol. The number of aromatic nitrogens is 3. The van der Waals surface area contributed by atoms with Gasteiger partial charge in [0.25, 0.3) is 0 Å². The van der Waals surface area contributed by atoms with Crippen molar-refractivity contribution in [1.29, 1.82) is 0 Å². The standard InChI is InChI=1S/C7H11BrN4O/c1-12-5-10-11-6(12)4-9-7(13)2-3-8/h5H,2-4H2,1H3,(H,9,13). The summed E-state index contributed by atoms with van der Waals surface area (Å²) in [6, 6.07) is 0. The van der Waals surface area contributed by atoms with E-state index < -0.39 is 0 Å². The molecule has 1 aromatic rings. The predicted octanol–water partition coefficient (Wildman–Crippen LogP) is 0.216. The number of rotatable bonds is 4. The van der Waals surface area contributed by atoms with Crippen molar-refractivity contribution in [2.24, 2.45) is 7.05 Å². The Morgan fingerprint density at radius 2 is 2.54 bits per heavy atom. The number of nitrogens with zero attached hydrogens (tertiary/aromatic N) is 3. The lowest BCUT2D eigenvalue weighted by molar-refractivity contribution is -0.120. The Bertz CT molecular complexity index is 286. The highest BCUT2D eigenvalue weighted by atomic mass is 79.9. The van der Waals surface area contributed by atoms with Gasteiger partial charge in [0.1, 0.15) is 6.33 Å². The van der Waals surface area contributed by atoms with Crippen molar-refractivity contribution >= 4 is 21.8 Å². The molecule has 72 valence electrons. The zero-order valence-electron chi connectivity index (χ0n) is 7.33. The molecular formula is C7H11BrN4O. The van der Waals surface area contributed by atoms with Crippen LogP contribution in [-0.4, -0.2) is 26.0 Å². The van der Waals surface area contributed by atoms with E-state index in [9.17, 15) is 4.79 Å². The monoisotopic (exact) mass is 246 g/mol. The van der Waals surface area contributed by atoms with Gasteiger partial charge in [0.15, 0.2) is 5.82 Å². The molecule has 0 saturated carbocycles. The molecule has 0 aliphatic rings. The first-order valence-corrected chi connectivity index (χ1v) is 5.01. The summed E-state index contributed by atoms with van der Waals surface area (Å²) in [7, 11) is 1.84. The number of carbonyl (C=O) groups is 1. The van der Waals surface area contributed by atoms with Crippen LogP contribution in [0.3, 0.4) is 0 Å². The average Bonchev–Trinajstić information content (AvgIpc) is 2.48. The Morgan fingerprint density at radius 3 is 3.08 bits per heavy atom. The number of hydrogen-bond acceptors (Lipinski definition) is 3. The van der Waals surface area contributed by atoms with Gasteiger partial charge in [0.05, 0.1) is 6.54 Å². The largest absolute Gasteiger partial charge is 0.349 e. The Kier molecular flexibility index (Phi) is 3.88. The number of carbonyl (C=O) groups excluding carboxylic acids is 1. The van der Waals surface area contributed by atoms with Crippen LogP contribution >= 0.6 is 15.9 Å². The van der Waals surface area contributed by atoms with Crippen LogP contribution in [0.2, 0.25) is 0 Å². The Balaban J connectivity index is 2.35. The molecule has 1 N–H and O–H groups in total. The van der Waals surface area contributed by atoms with Gasteiger partial charge in [-0.15, -0.1) is 10.2 Å². The molecule has 0 spiro atoms. The summed E-state index contributed by atoms with van der Waals surface area (Å²) in [6.07, 6.45) is 2.09. The summed E-state index contributed by atoms with van der Waals surface area (Å²) < 4.78 is 1.77. The number of amides is 1. The quantitative estimate of drug-likeness (QED) is 0.774. The second-order valence-corrected chi connectivity index (χ2v) is 3.37. The third-order valence-electron chi connectivity index (χ3n) is 1.57. The Hall–Kier alpha value is -0.910. The number of alkyl halides is 1. The molecule has 1 heterocycles. The van der Waals surface area contributed by atoms with Crippen LogP contribution in [0.5, 0.6) is 0 Å². The maximum absolute atomic E-state index is 11.1. The van der Waals surface area contributed by atoms with E-state index in [4.69, 9.17) is 0 Å². The first kappa shape index (κ1) is 10.2. The van der Waals surface area contributed by atoms with Crippen molar-refractivity contribution in [3.05, 3.63) is 12.2 Å². The zero-order valence-corrected chi connectivity index (χ0v) is 8.91. The molecule has 13 heavy (non-hydrogen) atoms. The van der Waals surface area contributed by atoms with Gasteiger partial charge in [0.2, 0.25) is 5.91 Å². The van der Waals surface area contributed by atoms with Crippen molar-refractivity contribution in [2.45, 2.75) is 13.0 Å². The highest BCUT2D eigenvalue weighted by Gasteiger charge is 2.03. The van der Waals surface area contributed by atoms with Crippen molar-refractivity contribution in [2.75, 3.05) is 5.33 Å². The van der Waals surface area contributed by atoms with Crippen LogP contribution < -0.4 is 5.32 Å². The van der Waals surface area contributed by atoms with Gasteiger partial charge in [-0.2, -0.15) is 0 Å². The molecule has 6 heteroatoms. The minimum absolute atomic E-state index is 0.0138. The molecule has 1 amide bonds. The second-order valence-electron chi connectivity index (χ2n) is 2.57. The van der Waals surface area contributed by atoms with Gasteiger partial charge in [0, 0.05) is 18.8 Å². The summed E-state index contributed by atoms with van der Waals surface area (Å²) in [5.74, 6) is 0.766. The first-order chi connectivity index (χ1) is 6.24. The summed E-state index contributed by atoms with van der Waals surface area (Å²) in [5, 5.41) is 10.9. The average molecular weight is 247 g/mol. The molecule has 1 aromatic heterocycles. The summed E-state index contributed by atoms with van der Waals surface area (Å²) in [5.41, 5.74) is 0. The number of hydrogen-bond donors (Lipinski definition) is 1. The van der Waals surface area contributed by atoms with Gasteiger partial charge < -0.3 is 9.88 Å². The van der Waals surface area contributed by atoms with Crippen LogP contribution in [0.15, 0.2) is 6.33 Å². The van der Waals surface area contributed by atoms with E-state index in [0.29, 0.717) is 18.3 Å². The minimum atomic E-state index is 0.0138. The molecule has 0 saturated heterocycles. The maximum Gasteiger partial charge on any atom is 0.221 e. The molecule has 0 aliphatic carbocycles. The van der Waals surface area contributed by atoms with E-state index in [0.717, 1.165) is 5.82 Å². The molecule has 0 aliphatic heterocycles. The van der Waals surface area contributed by atoms with Crippen molar-refractivity contribution in [3.63, 3.8) is 0 Å². The van der Waals surface area contributed by atoms with E-state index in [1.165, 1.54) is 0 Å². The highest BCUT2D eigenvalue weighted by Crippen LogP contribution is 1.92. The lowest BCUT2D eigenvalue weighted by Gasteiger charge is -2.02. The van der Waals surface area contributed by atoms with E-state index in [-0.39, 0.29) is 5.91 Å². The SMILES string of the molecule is Cn1cnnc1CNC(=O)CCBr. The molecule has 0 unspecified atom stereocenters. The van der Waals surface area contributed by atoms with Crippen molar-refractivity contribution < 1.29 is 4.79 Å². The van der Waals surface area contributed by atoms with Crippen molar-refractivity contribution in [3.8, 4) is 0 Å². The van der Waals surface area contributed by atoms with Gasteiger partial charge in [-0.1, -0.05) is 15.9 Å².